The van der Waals surface area contributed by atoms with Crippen molar-refractivity contribution in [1.29, 1.82) is 0 Å². The Morgan fingerprint density at radius 2 is 1.61 bits per heavy atom. The summed E-state index contributed by atoms with van der Waals surface area (Å²) in [7, 11) is 4.58. The van der Waals surface area contributed by atoms with Gasteiger partial charge in [0.25, 0.3) is 5.91 Å². The SMILES string of the molecule is COc1ccccc1NC(=O)C(C)OC(=O)/C=C/c1ccc(OC)c(OC)c1. The fraction of sp³-hybridized carbons (Fsp3) is 0.238. The van der Waals surface area contributed by atoms with Crippen molar-refractivity contribution >= 4 is 23.6 Å². The minimum absolute atomic E-state index is 0.461. The van der Waals surface area contributed by atoms with Crippen LogP contribution in [0.5, 0.6) is 17.2 Å². The molecule has 0 fully saturated rings. The highest BCUT2D eigenvalue weighted by Crippen LogP contribution is 2.28. The van der Waals surface area contributed by atoms with Crippen molar-refractivity contribution in [3.63, 3.8) is 0 Å². The molecule has 0 bridgehead atoms. The van der Waals surface area contributed by atoms with Crippen LogP contribution in [0, 0.1) is 0 Å². The number of para-hydroxylation sites is 2. The quantitative estimate of drug-likeness (QED) is 0.555. The first kappa shape index (κ1) is 20.8. The number of esters is 1. The second-order valence-electron chi connectivity index (χ2n) is 5.72. The van der Waals surface area contributed by atoms with Crippen molar-refractivity contribution in [2.24, 2.45) is 0 Å². The van der Waals surface area contributed by atoms with E-state index < -0.39 is 18.0 Å². The van der Waals surface area contributed by atoms with E-state index in [0.717, 1.165) is 5.56 Å². The smallest absolute Gasteiger partial charge is 0.331 e. The van der Waals surface area contributed by atoms with Gasteiger partial charge in [0.1, 0.15) is 5.75 Å². The van der Waals surface area contributed by atoms with Gasteiger partial charge < -0.3 is 24.3 Å². The Bertz CT molecular complexity index is 862. The first-order chi connectivity index (χ1) is 13.5. The molecule has 0 aromatic heterocycles. The maximum atomic E-state index is 12.2. The van der Waals surface area contributed by atoms with Crippen molar-refractivity contribution < 1.29 is 28.5 Å². The van der Waals surface area contributed by atoms with Crippen molar-refractivity contribution in [3.8, 4) is 17.2 Å². The number of benzene rings is 2. The van der Waals surface area contributed by atoms with Crippen LogP contribution in [0.25, 0.3) is 6.08 Å². The van der Waals surface area contributed by atoms with Gasteiger partial charge in [0.05, 0.1) is 27.0 Å². The molecule has 0 saturated carbocycles. The molecule has 0 aliphatic carbocycles. The average molecular weight is 385 g/mol. The number of amides is 1. The number of methoxy groups -OCH3 is 3. The molecule has 0 aliphatic rings. The minimum atomic E-state index is -0.979. The molecule has 0 radical (unpaired) electrons. The first-order valence-electron chi connectivity index (χ1n) is 8.53. The standard InChI is InChI=1S/C21H23NO6/c1-14(21(24)22-16-7-5-6-8-17(16)25-2)28-20(23)12-10-15-9-11-18(26-3)19(13-15)27-4/h5-14H,1-4H3,(H,22,24)/b12-10+. The highest BCUT2D eigenvalue weighted by atomic mass is 16.5. The summed E-state index contributed by atoms with van der Waals surface area (Å²) in [5.41, 5.74) is 1.22. The highest BCUT2D eigenvalue weighted by molar-refractivity contribution is 5.97. The third-order valence-electron chi connectivity index (χ3n) is 3.85. The monoisotopic (exact) mass is 385 g/mol. The van der Waals surface area contributed by atoms with Gasteiger partial charge in [0.15, 0.2) is 17.6 Å². The third-order valence-corrected chi connectivity index (χ3v) is 3.85. The van der Waals surface area contributed by atoms with Crippen LogP contribution < -0.4 is 19.5 Å². The topological polar surface area (TPSA) is 83.1 Å². The van der Waals surface area contributed by atoms with Crippen molar-refractivity contribution in [3.05, 3.63) is 54.1 Å². The number of anilines is 1. The second-order valence-corrected chi connectivity index (χ2v) is 5.72. The molecule has 2 aromatic rings. The van der Waals surface area contributed by atoms with E-state index in [9.17, 15) is 9.59 Å². The number of carbonyl (C=O) groups excluding carboxylic acids is 2. The van der Waals surface area contributed by atoms with Gasteiger partial charge in [-0.1, -0.05) is 18.2 Å². The van der Waals surface area contributed by atoms with Gasteiger partial charge in [-0.25, -0.2) is 4.79 Å². The molecule has 2 rings (SSSR count). The predicted molar refractivity (Wildman–Crippen MR) is 106 cm³/mol. The van der Waals surface area contributed by atoms with E-state index in [-0.39, 0.29) is 0 Å². The van der Waals surface area contributed by atoms with Gasteiger partial charge in [-0.05, 0) is 42.8 Å². The van der Waals surface area contributed by atoms with Gasteiger partial charge in [-0.2, -0.15) is 0 Å². The first-order valence-corrected chi connectivity index (χ1v) is 8.53. The van der Waals surface area contributed by atoms with Crippen LogP contribution in [0.3, 0.4) is 0 Å². The van der Waals surface area contributed by atoms with Gasteiger partial charge >= 0.3 is 5.97 Å². The molecule has 1 unspecified atom stereocenters. The Hall–Kier alpha value is -3.48. The molecule has 7 nitrogen and oxygen atoms in total. The van der Waals surface area contributed by atoms with Gasteiger partial charge in [-0.15, -0.1) is 0 Å². The molecule has 0 aliphatic heterocycles. The number of hydrogen-bond acceptors (Lipinski definition) is 6. The summed E-state index contributed by atoms with van der Waals surface area (Å²) in [5.74, 6) is 0.545. The lowest BCUT2D eigenvalue weighted by Crippen LogP contribution is -2.29. The van der Waals surface area contributed by atoms with E-state index in [4.69, 9.17) is 18.9 Å². The highest BCUT2D eigenvalue weighted by Gasteiger charge is 2.18. The molecule has 28 heavy (non-hydrogen) atoms. The number of ether oxygens (including phenoxy) is 4. The van der Waals surface area contributed by atoms with Crippen LogP contribution in [0.1, 0.15) is 12.5 Å². The summed E-state index contributed by atoms with van der Waals surface area (Å²) in [6.07, 6.45) is 1.83. The Kier molecular flexibility index (Phi) is 7.45. The van der Waals surface area contributed by atoms with E-state index in [1.165, 1.54) is 27.2 Å². The summed E-state index contributed by atoms with van der Waals surface area (Å²) in [6.45, 7) is 1.49. The van der Waals surface area contributed by atoms with Crippen LogP contribution in [0.2, 0.25) is 0 Å². The van der Waals surface area contributed by atoms with Crippen molar-refractivity contribution in [1.82, 2.24) is 0 Å². The molecule has 148 valence electrons. The van der Waals surface area contributed by atoms with Crippen LogP contribution in [-0.2, 0) is 14.3 Å². The zero-order chi connectivity index (χ0) is 20.5. The molecule has 1 N–H and O–H groups in total. The lowest BCUT2D eigenvalue weighted by atomic mass is 10.2. The molecule has 0 heterocycles. The van der Waals surface area contributed by atoms with E-state index in [2.05, 4.69) is 5.32 Å². The van der Waals surface area contributed by atoms with Gasteiger partial charge in [-0.3, -0.25) is 4.79 Å². The molecular weight excluding hydrogens is 362 g/mol. The number of rotatable bonds is 8. The Balaban J connectivity index is 1.96. The van der Waals surface area contributed by atoms with Gasteiger partial charge in [0.2, 0.25) is 0 Å². The normalized spacial score (nSPS) is 11.6. The Morgan fingerprint density at radius 1 is 0.929 bits per heavy atom. The summed E-state index contributed by atoms with van der Waals surface area (Å²) < 4.78 is 20.7. The summed E-state index contributed by atoms with van der Waals surface area (Å²) in [5, 5.41) is 2.67. The number of hydrogen-bond donors (Lipinski definition) is 1. The third kappa shape index (κ3) is 5.51. The molecule has 0 spiro atoms. The summed E-state index contributed by atoms with van der Waals surface area (Å²) >= 11 is 0. The fourth-order valence-electron chi connectivity index (χ4n) is 2.37. The zero-order valence-electron chi connectivity index (χ0n) is 16.2. The van der Waals surface area contributed by atoms with Crippen molar-refractivity contribution in [2.45, 2.75) is 13.0 Å². The maximum Gasteiger partial charge on any atom is 0.331 e. The van der Waals surface area contributed by atoms with Gasteiger partial charge in [0, 0.05) is 6.08 Å². The molecule has 1 amide bonds. The second kappa shape index (κ2) is 10.0. The molecule has 7 heteroatoms. The van der Waals surface area contributed by atoms with E-state index in [0.29, 0.717) is 22.9 Å². The maximum absolute atomic E-state index is 12.2. The largest absolute Gasteiger partial charge is 0.495 e. The average Bonchev–Trinajstić information content (AvgIpc) is 2.72. The molecule has 1 atom stereocenters. The fourth-order valence-corrected chi connectivity index (χ4v) is 2.37. The van der Waals surface area contributed by atoms with Crippen LogP contribution in [0.15, 0.2) is 48.5 Å². The van der Waals surface area contributed by atoms with E-state index in [1.54, 1.807) is 55.7 Å². The lowest BCUT2D eigenvalue weighted by molar-refractivity contribution is -0.148. The summed E-state index contributed by atoms with van der Waals surface area (Å²) in [4.78, 5) is 24.3. The van der Waals surface area contributed by atoms with E-state index in [1.807, 2.05) is 0 Å². The van der Waals surface area contributed by atoms with Crippen molar-refractivity contribution in [2.75, 3.05) is 26.6 Å². The minimum Gasteiger partial charge on any atom is -0.495 e. The lowest BCUT2D eigenvalue weighted by Gasteiger charge is -2.14. The van der Waals surface area contributed by atoms with E-state index >= 15 is 0 Å². The zero-order valence-corrected chi connectivity index (χ0v) is 16.2. The van der Waals surface area contributed by atoms with Crippen LogP contribution in [-0.4, -0.2) is 39.3 Å². The van der Waals surface area contributed by atoms with Crippen LogP contribution >= 0.6 is 0 Å². The predicted octanol–water partition coefficient (Wildman–Crippen LogP) is 3.30. The molecule has 0 saturated heterocycles. The number of carbonyl (C=O) groups is 2. The Morgan fingerprint density at radius 3 is 2.29 bits per heavy atom. The van der Waals surface area contributed by atoms with Crippen LogP contribution in [0.4, 0.5) is 5.69 Å². The molecule has 2 aromatic carbocycles. The molecular formula is C21H23NO6. The summed E-state index contributed by atoms with van der Waals surface area (Å²) in [6, 6.07) is 12.2. The number of nitrogens with one attached hydrogen (secondary N) is 1. The Labute approximate surface area is 163 Å².